The number of hydrogen-bond donors (Lipinski definition) is 4. The van der Waals surface area contributed by atoms with Gasteiger partial charge in [-0.2, -0.15) is 52.7 Å². The second kappa shape index (κ2) is 13.8. The van der Waals surface area contributed by atoms with Crippen molar-refractivity contribution in [3.63, 3.8) is 0 Å². The average Bonchev–Trinajstić information content (AvgIpc) is 3.66. The number of nitrogens with one attached hydrogen (secondary N) is 4. The summed E-state index contributed by atoms with van der Waals surface area (Å²) in [4.78, 5) is 26.1. The van der Waals surface area contributed by atoms with Crippen LogP contribution in [0.3, 0.4) is 0 Å². The number of halogens is 12. The highest BCUT2D eigenvalue weighted by Crippen LogP contribution is 2.45. The molecule has 2 atom stereocenters. The Bertz CT molecular complexity index is 1890. The van der Waals surface area contributed by atoms with Crippen LogP contribution in [0.1, 0.15) is 69.4 Å². The maximum absolute atomic E-state index is 13.4. The molecule has 2 aliphatic rings. The molecule has 4 aromatic carbocycles. The van der Waals surface area contributed by atoms with E-state index in [4.69, 9.17) is 0 Å². The predicted octanol–water partition coefficient (Wildman–Crippen LogP) is 11.0. The Morgan fingerprint density at radius 1 is 0.481 bits per heavy atom. The third-order valence-electron chi connectivity index (χ3n) is 9.09. The Kier molecular flexibility index (Phi) is 9.77. The van der Waals surface area contributed by atoms with Crippen molar-refractivity contribution >= 4 is 23.4 Å². The molecule has 0 radical (unpaired) electrons. The number of hydrogen-bond acceptors (Lipinski definition) is 2. The molecule has 0 heterocycles. The third kappa shape index (κ3) is 8.21. The van der Waals surface area contributed by atoms with Crippen molar-refractivity contribution in [2.75, 3.05) is 10.6 Å². The lowest BCUT2D eigenvalue weighted by molar-refractivity contribution is -0.144. The van der Waals surface area contributed by atoms with Gasteiger partial charge < -0.3 is 21.3 Å². The number of rotatable bonds is 5. The van der Waals surface area contributed by atoms with E-state index in [0.717, 1.165) is 11.1 Å². The van der Waals surface area contributed by atoms with Crippen LogP contribution >= 0.6 is 0 Å². The van der Waals surface area contributed by atoms with Crippen LogP contribution in [0.5, 0.6) is 0 Å². The first-order chi connectivity index (χ1) is 25.1. The first-order valence-electron chi connectivity index (χ1n) is 16.1. The number of alkyl halides is 12. The molecule has 54 heavy (non-hydrogen) atoms. The Morgan fingerprint density at radius 3 is 1.09 bits per heavy atom. The van der Waals surface area contributed by atoms with Crippen LogP contribution in [0.4, 0.5) is 73.6 Å². The number of carbonyl (C=O) groups is 2. The number of amides is 4. The molecule has 0 saturated carbocycles. The molecule has 2 aliphatic carbocycles. The van der Waals surface area contributed by atoms with E-state index in [2.05, 4.69) is 21.3 Å². The summed E-state index contributed by atoms with van der Waals surface area (Å²) in [6.07, 6.45) is -19.0. The Morgan fingerprint density at radius 2 is 0.796 bits per heavy atom. The van der Waals surface area contributed by atoms with Crippen LogP contribution in [0, 0.1) is 0 Å². The molecule has 0 fully saturated rings. The van der Waals surface area contributed by atoms with Crippen LogP contribution in [-0.2, 0) is 37.5 Å². The summed E-state index contributed by atoms with van der Waals surface area (Å²) in [6.45, 7) is 0. The lowest BCUT2D eigenvalue weighted by Crippen LogP contribution is -2.32. The van der Waals surface area contributed by atoms with Gasteiger partial charge in [0.25, 0.3) is 0 Å². The normalized spacial score (nSPS) is 17.1. The molecule has 0 saturated heterocycles. The molecule has 4 N–H and O–H groups in total. The van der Waals surface area contributed by atoms with E-state index < -0.39 is 82.5 Å². The van der Waals surface area contributed by atoms with Crippen LogP contribution in [0.15, 0.2) is 72.8 Å². The second-order valence-corrected chi connectivity index (χ2v) is 12.7. The standard InChI is InChI=1S/C36H26F12N4O2/c37-33(38,39)19-11-20(34(40,41)42)14-23(13-19)49-31(53)51-27-9-7-17-3-1-5-25(29(17)27)26-6-2-4-18-8-10-28(30(18)26)52-32(54)50-24-15-21(35(43,44)45)12-22(16-24)36(46,47)48/h1-6,11-16,27-28H,7-10H2,(H2,49,51,53)(H2,50,52,54)/t27-,28-/m0/s1. The lowest BCUT2D eigenvalue weighted by Gasteiger charge is -2.23. The SMILES string of the molecule is O=C(Nc1cc(C(F)(F)F)cc(C(F)(F)F)c1)N[C@H]1CCc2cccc(-c3cccc4c3[C@@H](NC(=O)Nc3cc(C(F)(F)F)cc(C(F)(F)F)c3)CC4)c21. The van der Waals surface area contributed by atoms with Gasteiger partial charge in [0, 0.05) is 11.4 Å². The summed E-state index contributed by atoms with van der Waals surface area (Å²) in [5.74, 6) is 0. The molecular formula is C36H26F12N4O2. The van der Waals surface area contributed by atoms with Gasteiger partial charge in [-0.25, -0.2) is 9.59 Å². The minimum Gasteiger partial charge on any atom is -0.331 e. The van der Waals surface area contributed by atoms with E-state index in [9.17, 15) is 62.3 Å². The summed E-state index contributed by atoms with van der Waals surface area (Å²) < 4.78 is 160. The first-order valence-corrected chi connectivity index (χ1v) is 16.1. The largest absolute Gasteiger partial charge is 0.416 e. The molecule has 6 rings (SSSR count). The van der Waals surface area contributed by atoms with E-state index in [1.807, 2.05) is 0 Å². The lowest BCUT2D eigenvalue weighted by atomic mass is 9.89. The average molecular weight is 775 g/mol. The van der Waals surface area contributed by atoms with E-state index in [0.29, 0.717) is 72.2 Å². The summed E-state index contributed by atoms with van der Waals surface area (Å²) in [7, 11) is 0. The first kappa shape index (κ1) is 38.3. The van der Waals surface area contributed by atoms with Gasteiger partial charge >= 0.3 is 36.8 Å². The molecule has 0 aromatic heterocycles. The van der Waals surface area contributed by atoms with Gasteiger partial charge in [0.05, 0.1) is 34.3 Å². The zero-order valence-electron chi connectivity index (χ0n) is 27.3. The molecule has 0 spiro atoms. The van der Waals surface area contributed by atoms with Crippen LogP contribution in [0.25, 0.3) is 11.1 Å². The summed E-state index contributed by atoms with van der Waals surface area (Å²) in [5, 5.41) is 9.39. The molecule has 6 nitrogen and oxygen atoms in total. The van der Waals surface area contributed by atoms with Crippen molar-refractivity contribution < 1.29 is 62.3 Å². The number of fused-ring (bicyclic) bond motifs is 2. The van der Waals surface area contributed by atoms with Crippen LogP contribution < -0.4 is 21.3 Å². The highest BCUT2D eigenvalue weighted by Gasteiger charge is 2.39. The number of aryl methyl sites for hydroxylation is 2. The van der Waals surface area contributed by atoms with Crippen LogP contribution in [0.2, 0.25) is 0 Å². The number of benzene rings is 4. The summed E-state index contributed by atoms with van der Waals surface area (Å²) in [5.41, 5.74) is -4.04. The monoisotopic (exact) mass is 774 g/mol. The fraction of sp³-hybridized carbons (Fsp3) is 0.278. The van der Waals surface area contributed by atoms with Crippen LogP contribution in [-0.4, -0.2) is 12.1 Å². The number of carbonyl (C=O) groups excluding carboxylic acids is 2. The summed E-state index contributed by atoms with van der Waals surface area (Å²) in [6, 6.07) is 8.13. The van der Waals surface area contributed by atoms with Gasteiger partial charge in [0.2, 0.25) is 0 Å². The molecule has 0 bridgehead atoms. The zero-order chi connectivity index (χ0) is 39.4. The number of urea groups is 2. The maximum Gasteiger partial charge on any atom is 0.416 e. The summed E-state index contributed by atoms with van der Waals surface area (Å²) >= 11 is 0. The van der Waals surface area contributed by atoms with E-state index in [-0.39, 0.29) is 12.1 Å². The van der Waals surface area contributed by atoms with E-state index in [1.54, 1.807) is 36.4 Å². The quantitative estimate of drug-likeness (QED) is 0.152. The zero-order valence-corrected chi connectivity index (χ0v) is 27.3. The van der Waals surface area contributed by atoms with E-state index in [1.165, 1.54) is 0 Å². The fourth-order valence-electron chi connectivity index (χ4n) is 6.84. The second-order valence-electron chi connectivity index (χ2n) is 12.7. The van der Waals surface area contributed by atoms with Gasteiger partial charge in [-0.3, -0.25) is 0 Å². The maximum atomic E-state index is 13.4. The topological polar surface area (TPSA) is 82.3 Å². The highest BCUT2D eigenvalue weighted by atomic mass is 19.4. The molecule has 0 aliphatic heterocycles. The van der Waals surface area contributed by atoms with Crippen molar-refractivity contribution in [1.29, 1.82) is 0 Å². The Hall–Kier alpha value is -5.42. The molecule has 286 valence electrons. The van der Waals surface area contributed by atoms with Gasteiger partial charge in [-0.15, -0.1) is 0 Å². The minimum atomic E-state index is -5.13. The van der Waals surface area contributed by atoms with Crippen molar-refractivity contribution in [2.45, 2.75) is 62.5 Å². The van der Waals surface area contributed by atoms with Crippen molar-refractivity contribution in [1.82, 2.24) is 10.6 Å². The predicted molar refractivity (Wildman–Crippen MR) is 171 cm³/mol. The van der Waals surface area contributed by atoms with Crippen molar-refractivity contribution in [3.8, 4) is 11.1 Å². The highest BCUT2D eigenvalue weighted by molar-refractivity contribution is 5.91. The Labute approximate surface area is 297 Å². The Balaban J connectivity index is 1.25. The minimum absolute atomic E-state index is 0.0678. The van der Waals surface area contributed by atoms with Crippen molar-refractivity contribution in [3.05, 3.63) is 117 Å². The third-order valence-corrected chi connectivity index (χ3v) is 9.09. The van der Waals surface area contributed by atoms with Gasteiger partial charge in [0.15, 0.2) is 0 Å². The van der Waals surface area contributed by atoms with Gasteiger partial charge in [-0.1, -0.05) is 36.4 Å². The number of anilines is 2. The molecule has 4 amide bonds. The smallest absolute Gasteiger partial charge is 0.331 e. The van der Waals surface area contributed by atoms with Crippen molar-refractivity contribution in [2.24, 2.45) is 0 Å². The molecule has 4 aromatic rings. The fourth-order valence-corrected chi connectivity index (χ4v) is 6.84. The van der Waals surface area contributed by atoms with Gasteiger partial charge in [-0.05, 0) is 95.5 Å². The molecule has 18 heteroatoms. The van der Waals surface area contributed by atoms with Gasteiger partial charge in [0.1, 0.15) is 0 Å². The molecular weight excluding hydrogens is 748 g/mol. The molecule has 0 unspecified atom stereocenters. The van der Waals surface area contributed by atoms with E-state index >= 15 is 0 Å².